The zero-order valence-corrected chi connectivity index (χ0v) is 12.0. The molecule has 0 amide bonds. The van der Waals surface area contributed by atoms with E-state index in [1.165, 1.54) is 4.88 Å². The third kappa shape index (κ3) is 2.62. The Labute approximate surface area is 112 Å². The van der Waals surface area contributed by atoms with Crippen LogP contribution < -0.4 is 5.73 Å². The van der Waals surface area contributed by atoms with E-state index in [0.717, 1.165) is 35.7 Å². The zero-order valence-electron chi connectivity index (χ0n) is 11.2. The Bertz CT molecular complexity index is 515. The van der Waals surface area contributed by atoms with Gasteiger partial charge in [0.25, 0.3) is 0 Å². The van der Waals surface area contributed by atoms with Crippen molar-refractivity contribution < 1.29 is 0 Å². The first-order valence-electron chi connectivity index (χ1n) is 6.39. The van der Waals surface area contributed by atoms with Gasteiger partial charge in [-0.15, -0.1) is 11.3 Å². The summed E-state index contributed by atoms with van der Waals surface area (Å²) in [5, 5.41) is 5.30. The molecule has 5 heteroatoms. The molecule has 0 fully saturated rings. The number of rotatable bonds is 5. The highest BCUT2D eigenvalue weighted by molar-refractivity contribution is 7.11. The molecule has 0 aliphatic heterocycles. The highest BCUT2D eigenvalue weighted by Gasteiger charge is 2.16. The maximum Gasteiger partial charge on any atom is 0.115 e. The normalized spacial score (nSPS) is 12.9. The van der Waals surface area contributed by atoms with Crippen molar-refractivity contribution in [2.45, 2.75) is 46.2 Å². The van der Waals surface area contributed by atoms with Crippen LogP contribution in [-0.4, -0.2) is 14.8 Å². The Balaban J connectivity index is 2.20. The smallest absolute Gasteiger partial charge is 0.115 e. The highest BCUT2D eigenvalue weighted by atomic mass is 32.1. The molecule has 2 heterocycles. The maximum absolute atomic E-state index is 6.26. The summed E-state index contributed by atoms with van der Waals surface area (Å²) < 4.78 is 1.94. The van der Waals surface area contributed by atoms with Gasteiger partial charge in [0.15, 0.2) is 0 Å². The summed E-state index contributed by atoms with van der Waals surface area (Å²) >= 11 is 1.69. The largest absolute Gasteiger partial charge is 0.318 e. The first kappa shape index (κ1) is 13.2. The number of hydrogen-bond acceptors (Lipinski definition) is 4. The molecule has 2 rings (SSSR count). The number of hydrogen-bond donors (Lipinski definition) is 1. The number of thiazole rings is 1. The van der Waals surface area contributed by atoms with Gasteiger partial charge in [-0.1, -0.05) is 13.8 Å². The van der Waals surface area contributed by atoms with Crippen LogP contribution in [0, 0.1) is 6.92 Å². The summed E-state index contributed by atoms with van der Waals surface area (Å²) in [6.07, 6.45) is 5.91. The van der Waals surface area contributed by atoms with Crippen molar-refractivity contribution in [1.29, 1.82) is 0 Å². The molecule has 0 saturated heterocycles. The molecular weight excluding hydrogens is 244 g/mol. The lowest BCUT2D eigenvalue weighted by Crippen LogP contribution is -2.11. The summed E-state index contributed by atoms with van der Waals surface area (Å²) in [6, 6.07) is -0.153. The molecule has 0 spiro atoms. The molecule has 2 aromatic heterocycles. The van der Waals surface area contributed by atoms with Gasteiger partial charge < -0.3 is 5.73 Å². The van der Waals surface area contributed by atoms with E-state index in [-0.39, 0.29) is 6.04 Å². The Morgan fingerprint density at radius 2 is 2.22 bits per heavy atom. The van der Waals surface area contributed by atoms with Crippen LogP contribution in [0.15, 0.2) is 12.4 Å². The second-order valence-corrected chi connectivity index (χ2v) is 5.66. The molecule has 98 valence electrons. The summed E-state index contributed by atoms with van der Waals surface area (Å²) in [7, 11) is 0. The van der Waals surface area contributed by atoms with Gasteiger partial charge in [-0.3, -0.25) is 4.68 Å². The van der Waals surface area contributed by atoms with Crippen LogP contribution in [0.5, 0.6) is 0 Å². The van der Waals surface area contributed by atoms with E-state index in [1.807, 2.05) is 17.1 Å². The molecule has 2 aromatic rings. The molecular formula is C13H20N4S. The van der Waals surface area contributed by atoms with E-state index in [1.54, 1.807) is 11.3 Å². The zero-order chi connectivity index (χ0) is 13.1. The molecule has 4 nitrogen and oxygen atoms in total. The maximum atomic E-state index is 6.26. The second-order valence-electron chi connectivity index (χ2n) is 4.42. The van der Waals surface area contributed by atoms with Crippen molar-refractivity contribution in [3.8, 4) is 0 Å². The van der Waals surface area contributed by atoms with Crippen LogP contribution in [0.1, 0.15) is 47.5 Å². The molecule has 18 heavy (non-hydrogen) atoms. The predicted molar refractivity (Wildman–Crippen MR) is 74.8 cm³/mol. The van der Waals surface area contributed by atoms with Gasteiger partial charge in [0, 0.05) is 23.2 Å². The van der Waals surface area contributed by atoms with Gasteiger partial charge in [-0.2, -0.15) is 5.10 Å². The average molecular weight is 264 g/mol. The lowest BCUT2D eigenvalue weighted by Gasteiger charge is -2.04. The first-order valence-corrected chi connectivity index (χ1v) is 7.21. The number of aromatic nitrogens is 3. The van der Waals surface area contributed by atoms with Gasteiger partial charge in [-0.25, -0.2) is 4.98 Å². The minimum Gasteiger partial charge on any atom is -0.318 e. The Hall–Kier alpha value is -1.20. The quantitative estimate of drug-likeness (QED) is 0.903. The van der Waals surface area contributed by atoms with Crippen LogP contribution in [0.4, 0.5) is 0 Å². The van der Waals surface area contributed by atoms with E-state index in [0.29, 0.717) is 0 Å². The van der Waals surface area contributed by atoms with Gasteiger partial charge in [0.2, 0.25) is 0 Å². The van der Waals surface area contributed by atoms with Gasteiger partial charge >= 0.3 is 0 Å². The third-order valence-corrected chi connectivity index (χ3v) is 4.07. The molecule has 0 saturated carbocycles. The third-order valence-electron chi connectivity index (χ3n) is 2.98. The van der Waals surface area contributed by atoms with Crippen molar-refractivity contribution in [2.75, 3.05) is 0 Å². The van der Waals surface area contributed by atoms with Gasteiger partial charge in [0.1, 0.15) is 5.01 Å². The predicted octanol–water partition coefficient (Wildman–Crippen LogP) is 2.67. The first-order chi connectivity index (χ1) is 8.65. The number of nitrogens with zero attached hydrogens (tertiary/aromatic N) is 3. The number of aryl methyl sites for hydroxylation is 3. The topological polar surface area (TPSA) is 56.7 Å². The van der Waals surface area contributed by atoms with Crippen molar-refractivity contribution in [3.05, 3.63) is 33.5 Å². The fourth-order valence-electron chi connectivity index (χ4n) is 1.95. The monoisotopic (exact) mass is 264 g/mol. The van der Waals surface area contributed by atoms with Crippen LogP contribution in [0.25, 0.3) is 0 Å². The average Bonchev–Trinajstić information content (AvgIpc) is 2.95. The number of nitrogens with two attached hydrogens (primary N) is 1. The Morgan fingerprint density at radius 1 is 1.44 bits per heavy atom. The van der Waals surface area contributed by atoms with Crippen molar-refractivity contribution in [1.82, 2.24) is 14.8 Å². The summed E-state index contributed by atoms with van der Waals surface area (Å²) in [5.41, 5.74) is 8.46. The standard InChI is InChI=1S/C13H20N4S/c1-4-6-17-8-10(7-15-17)12(14)13-16-11(5-2)9(3)18-13/h7-8,12H,4-6,14H2,1-3H3. The summed E-state index contributed by atoms with van der Waals surface area (Å²) in [4.78, 5) is 5.88. The SMILES string of the molecule is CCCn1cc(C(N)c2nc(CC)c(C)s2)cn1. The van der Waals surface area contributed by atoms with Gasteiger partial charge in [0.05, 0.1) is 17.9 Å². The van der Waals surface area contributed by atoms with Crippen molar-refractivity contribution in [2.24, 2.45) is 5.73 Å². The van der Waals surface area contributed by atoms with Crippen LogP contribution in [-0.2, 0) is 13.0 Å². The molecule has 0 aliphatic carbocycles. The van der Waals surface area contributed by atoms with Crippen molar-refractivity contribution in [3.63, 3.8) is 0 Å². The van der Waals surface area contributed by atoms with Crippen LogP contribution >= 0.6 is 11.3 Å². The molecule has 1 atom stereocenters. The van der Waals surface area contributed by atoms with E-state index < -0.39 is 0 Å². The highest BCUT2D eigenvalue weighted by Crippen LogP contribution is 2.26. The van der Waals surface area contributed by atoms with E-state index >= 15 is 0 Å². The van der Waals surface area contributed by atoms with E-state index in [9.17, 15) is 0 Å². The van der Waals surface area contributed by atoms with E-state index in [2.05, 4.69) is 30.9 Å². The molecule has 0 bridgehead atoms. The molecule has 0 radical (unpaired) electrons. The minimum atomic E-state index is -0.153. The summed E-state index contributed by atoms with van der Waals surface area (Å²) in [6.45, 7) is 7.30. The van der Waals surface area contributed by atoms with E-state index in [4.69, 9.17) is 5.73 Å². The lowest BCUT2D eigenvalue weighted by atomic mass is 10.2. The molecule has 0 aliphatic rings. The fourth-order valence-corrected chi connectivity index (χ4v) is 2.99. The Morgan fingerprint density at radius 3 is 2.83 bits per heavy atom. The molecule has 2 N–H and O–H groups in total. The van der Waals surface area contributed by atoms with Gasteiger partial charge in [-0.05, 0) is 19.8 Å². The second kappa shape index (κ2) is 5.63. The van der Waals surface area contributed by atoms with Crippen LogP contribution in [0.3, 0.4) is 0 Å². The molecule has 0 aromatic carbocycles. The van der Waals surface area contributed by atoms with Crippen LogP contribution in [0.2, 0.25) is 0 Å². The Kier molecular flexibility index (Phi) is 4.14. The minimum absolute atomic E-state index is 0.153. The lowest BCUT2D eigenvalue weighted by molar-refractivity contribution is 0.602. The molecule has 1 unspecified atom stereocenters. The fraction of sp³-hybridized carbons (Fsp3) is 0.538. The summed E-state index contributed by atoms with van der Waals surface area (Å²) in [5.74, 6) is 0. The van der Waals surface area contributed by atoms with Crippen molar-refractivity contribution >= 4 is 11.3 Å².